The Morgan fingerprint density at radius 1 is 1.14 bits per heavy atom. The van der Waals surface area contributed by atoms with Crippen LogP contribution in [0.25, 0.3) is 17.0 Å². The number of H-pyrrole nitrogens is 1. The van der Waals surface area contributed by atoms with Crippen LogP contribution < -0.4 is 4.90 Å². The second-order valence-corrected chi connectivity index (χ2v) is 6.69. The highest BCUT2D eigenvalue weighted by atomic mass is 79.9. The molecule has 3 nitrogen and oxygen atoms in total. The zero-order valence-corrected chi connectivity index (χ0v) is 13.1. The third-order valence-electron chi connectivity index (χ3n) is 4.63. The number of benzene rings is 2. The van der Waals surface area contributed by atoms with Gasteiger partial charge in [-0.05, 0) is 18.2 Å². The van der Waals surface area contributed by atoms with Crippen molar-refractivity contribution in [2.45, 2.75) is 6.04 Å². The topological polar surface area (TPSA) is 37.3 Å². The molecule has 0 aliphatic carbocycles. The molecule has 2 atom stereocenters. The van der Waals surface area contributed by atoms with Gasteiger partial charge in [0.2, 0.25) is 11.8 Å². The van der Waals surface area contributed by atoms with Gasteiger partial charge in [0.15, 0.2) is 0 Å². The Morgan fingerprint density at radius 3 is 2.91 bits per heavy atom. The molecule has 1 aromatic heterocycles. The van der Waals surface area contributed by atoms with Gasteiger partial charge in [-0.15, -0.1) is 0 Å². The number of fused-ring (bicyclic) bond motifs is 7. The van der Waals surface area contributed by atoms with Gasteiger partial charge in [0, 0.05) is 33.1 Å². The molecule has 4 heteroatoms. The summed E-state index contributed by atoms with van der Waals surface area (Å²) in [4.78, 5) is 17.4. The molecule has 22 heavy (non-hydrogen) atoms. The molecule has 3 heterocycles. The van der Waals surface area contributed by atoms with Gasteiger partial charge in [0.1, 0.15) is 11.9 Å². The van der Waals surface area contributed by atoms with Crippen molar-refractivity contribution >= 4 is 44.4 Å². The van der Waals surface area contributed by atoms with E-state index in [9.17, 15) is 4.79 Å². The van der Waals surface area contributed by atoms with E-state index in [2.05, 4.69) is 45.3 Å². The monoisotopic (exact) mass is 351 g/mol. The van der Waals surface area contributed by atoms with Crippen LogP contribution >= 0.6 is 15.9 Å². The van der Waals surface area contributed by atoms with Gasteiger partial charge in [0.25, 0.3) is 0 Å². The SMILES string of the molecule is O=C1c2ccccc2[NH+]2C=Cc3c([nH]c4cc(Br)ccc34)C12. The van der Waals surface area contributed by atoms with E-state index in [1.165, 1.54) is 0 Å². The average Bonchev–Trinajstić information content (AvgIpc) is 3.03. The maximum absolute atomic E-state index is 12.9. The quantitative estimate of drug-likeness (QED) is 0.640. The molecule has 2 aliphatic rings. The van der Waals surface area contributed by atoms with E-state index in [0.717, 1.165) is 42.8 Å². The highest BCUT2D eigenvalue weighted by Gasteiger charge is 2.46. The molecule has 2 aliphatic heterocycles. The normalized spacial score (nSPS) is 21.8. The van der Waals surface area contributed by atoms with Gasteiger partial charge in [-0.1, -0.05) is 34.1 Å². The zero-order chi connectivity index (χ0) is 14.8. The first-order valence-corrected chi connectivity index (χ1v) is 8.03. The van der Waals surface area contributed by atoms with Gasteiger partial charge in [-0.25, -0.2) is 0 Å². The molecule has 106 valence electrons. The van der Waals surface area contributed by atoms with Crippen LogP contribution in [0.4, 0.5) is 5.69 Å². The largest absolute Gasteiger partial charge is 0.353 e. The van der Waals surface area contributed by atoms with Crippen molar-refractivity contribution in [1.29, 1.82) is 0 Å². The summed E-state index contributed by atoms with van der Waals surface area (Å²) in [5.74, 6) is 0.196. The number of ketones is 1. The summed E-state index contributed by atoms with van der Waals surface area (Å²) in [5, 5.41) is 1.16. The number of hydrogen-bond acceptors (Lipinski definition) is 1. The van der Waals surface area contributed by atoms with Crippen molar-refractivity contribution in [2.24, 2.45) is 0 Å². The van der Waals surface area contributed by atoms with E-state index in [-0.39, 0.29) is 11.8 Å². The fourth-order valence-electron chi connectivity index (χ4n) is 3.67. The third-order valence-corrected chi connectivity index (χ3v) is 5.12. The lowest BCUT2D eigenvalue weighted by atomic mass is 9.99. The maximum Gasteiger partial charge on any atom is 0.233 e. The molecule has 3 aromatic rings. The number of para-hydroxylation sites is 1. The van der Waals surface area contributed by atoms with Crippen molar-refractivity contribution in [3.8, 4) is 0 Å². The summed E-state index contributed by atoms with van der Waals surface area (Å²) in [7, 11) is 0. The summed E-state index contributed by atoms with van der Waals surface area (Å²) in [6.07, 6.45) is 4.23. The van der Waals surface area contributed by atoms with E-state index in [4.69, 9.17) is 0 Å². The lowest BCUT2D eigenvalue weighted by Crippen LogP contribution is -3.02. The summed E-state index contributed by atoms with van der Waals surface area (Å²) >= 11 is 3.51. The van der Waals surface area contributed by atoms with Crippen LogP contribution in [0.5, 0.6) is 0 Å². The minimum Gasteiger partial charge on any atom is -0.353 e. The highest BCUT2D eigenvalue weighted by Crippen LogP contribution is 2.36. The predicted molar refractivity (Wildman–Crippen MR) is 89.2 cm³/mol. The Kier molecular flexibility index (Phi) is 2.35. The van der Waals surface area contributed by atoms with Gasteiger partial charge >= 0.3 is 0 Å². The van der Waals surface area contributed by atoms with E-state index >= 15 is 0 Å². The summed E-state index contributed by atoms with van der Waals surface area (Å²) < 4.78 is 1.04. The van der Waals surface area contributed by atoms with Gasteiger partial charge in [-0.3, -0.25) is 9.69 Å². The fourth-order valence-corrected chi connectivity index (χ4v) is 4.03. The van der Waals surface area contributed by atoms with E-state index in [0.29, 0.717) is 0 Å². The molecule has 2 N–H and O–H groups in total. The number of aromatic amines is 1. The molecule has 0 spiro atoms. The molecule has 0 saturated heterocycles. The molecule has 2 aromatic carbocycles. The molecule has 0 fully saturated rings. The summed E-state index contributed by atoms with van der Waals surface area (Å²) in [6.45, 7) is 0. The molecule has 0 saturated carbocycles. The van der Waals surface area contributed by atoms with Crippen LogP contribution in [0.2, 0.25) is 0 Å². The first-order chi connectivity index (χ1) is 10.7. The van der Waals surface area contributed by atoms with Crippen molar-refractivity contribution in [1.82, 2.24) is 4.98 Å². The number of nitrogens with one attached hydrogen (secondary N) is 2. The predicted octanol–water partition coefficient (Wildman–Crippen LogP) is 3.37. The smallest absolute Gasteiger partial charge is 0.233 e. The van der Waals surface area contributed by atoms with Crippen LogP contribution in [-0.4, -0.2) is 10.8 Å². The number of carbonyl (C=O) groups is 1. The average molecular weight is 352 g/mol. The second kappa shape index (κ2) is 4.18. The first kappa shape index (κ1) is 12.4. The summed E-state index contributed by atoms with van der Waals surface area (Å²) in [5.41, 5.74) is 5.12. The Hall–Kier alpha value is -2.17. The molecule has 0 bridgehead atoms. The maximum atomic E-state index is 12.9. The fraction of sp³-hybridized carbons (Fsp3) is 0.0556. The molecule has 5 rings (SSSR count). The Labute approximate surface area is 135 Å². The lowest BCUT2D eigenvalue weighted by molar-refractivity contribution is -0.795. The molecular formula is C18H12BrN2O+. The van der Waals surface area contributed by atoms with E-state index in [1.54, 1.807) is 0 Å². The summed E-state index contributed by atoms with van der Waals surface area (Å²) in [6, 6.07) is 13.9. The van der Waals surface area contributed by atoms with Crippen LogP contribution in [0.1, 0.15) is 27.7 Å². The number of quaternary nitrogens is 1. The van der Waals surface area contributed by atoms with Crippen LogP contribution in [-0.2, 0) is 0 Å². The van der Waals surface area contributed by atoms with Gasteiger partial charge < -0.3 is 4.98 Å². The highest BCUT2D eigenvalue weighted by molar-refractivity contribution is 9.10. The van der Waals surface area contributed by atoms with Crippen molar-refractivity contribution in [3.05, 3.63) is 70.0 Å². The van der Waals surface area contributed by atoms with Crippen LogP contribution in [0.3, 0.4) is 0 Å². The van der Waals surface area contributed by atoms with E-state index < -0.39 is 0 Å². The Balaban J connectivity index is 1.78. The minimum absolute atomic E-state index is 0.191. The minimum atomic E-state index is -0.191. The second-order valence-electron chi connectivity index (χ2n) is 5.77. The number of Topliss-reactive ketones (excluding diaryl/α,β-unsaturated/α-hetero) is 1. The molecule has 2 unspecified atom stereocenters. The Bertz CT molecular complexity index is 986. The molecule has 0 amide bonds. The standard InChI is InChI=1S/C18H11BrN2O/c19-10-5-6-11-12-7-8-21-15-4-2-1-3-13(15)18(22)17(21)16(12)20-14(11)9-10/h1-9,17,20H/p+1. The van der Waals surface area contributed by atoms with Crippen molar-refractivity contribution in [3.63, 3.8) is 0 Å². The number of rotatable bonds is 0. The zero-order valence-electron chi connectivity index (χ0n) is 11.6. The van der Waals surface area contributed by atoms with Crippen molar-refractivity contribution < 1.29 is 9.69 Å². The van der Waals surface area contributed by atoms with Gasteiger partial charge in [-0.2, -0.15) is 0 Å². The van der Waals surface area contributed by atoms with Gasteiger partial charge in [0.05, 0.1) is 11.3 Å². The molecular weight excluding hydrogens is 340 g/mol. The third kappa shape index (κ3) is 1.46. The number of halogens is 1. The number of hydrogen-bond donors (Lipinski definition) is 2. The number of carbonyl (C=O) groups excluding carboxylic acids is 1. The van der Waals surface area contributed by atoms with E-state index in [1.807, 2.05) is 30.3 Å². The van der Waals surface area contributed by atoms with Crippen LogP contribution in [0, 0.1) is 0 Å². The molecule has 0 radical (unpaired) electrons. The Morgan fingerprint density at radius 2 is 2.00 bits per heavy atom. The number of aromatic nitrogens is 1. The first-order valence-electron chi connectivity index (χ1n) is 7.24. The van der Waals surface area contributed by atoms with Crippen molar-refractivity contribution in [2.75, 3.05) is 0 Å². The van der Waals surface area contributed by atoms with Crippen LogP contribution in [0.15, 0.2) is 53.1 Å². The lowest BCUT2D eigenvalue weighted by Gasteiger charge is -2.20.